The molecule has 0 amide bonds. The largest absolute Gasteiger partial charge is 0.372 e. The number of pyridine rings is 1. The second-order valence-corrected chi connectivity index (χ2v) is 4.68. The zero-order valence-electron chi connectivity index (χ0n) is 9.89. The van der Waals surface area contributed by atoms with Gasteiger partial charge in [-0.25, -0.2) is 4.98 Å². The molecule has 1 aliphatic rings. The summed E-state index contributed by atoms with van der Waals surface area (Å²) in [6, 6.07) is 1.68. The summed E-state index contributed by atoms with van der Waals surface area (Å²) in [7, 11) is 0. The van der Waals surface area contributed by atoms with E-state index in [1.165, 1.54) is 0 Å². The van der Waals surface area contributed by atoms with E-state index in [9.17, 15) is 4.79 Å². The molecule has 0 N–H and O–H groups in total. The van der Waals surface area contributed by atoms with Gasteiger partial charge in [-0.15, -0.1) is 0 Å². The van der Waals surface area contributed by atoms with Gasteiger partial charge in [0.15, 0.2) is 11.4 Å². The second-order valence-electron chi connectivity index (χ2n) is 4.32. The van der Waals surface area contributed by atoms with Crippen molar-refractivity contribution < 1.29 is 9.53 Å². The lowest BCUT2D eigenvalue weighted by Gasteiger charge is -2.37. The van der Waals surface area contributed by atoms with Crippen LogP contribution in [0.3, 0.4) is 0 Å². The highest BCUT2D eigenvalue weighted by atomic mass is 35.5. The number of hydrogen-bond donors (Lipinski definition) is 0. The van der Waals surface area contributed by atoms with Crippen molar-refractivity contribution in [3.05, 3.63) is 23.0 Å². The molecule has 0 bridgehead atoms. The number of aromatic nitrogens is 1. The number of carbonyl (C=O) groups is 1. The summed E-state index contributed by atoms with van der Waals surface area (Å²) in [5.41, 5.74) is 1.29. The van der Waals surface area contributed by atoms with Crippen LogP contribution >= 0.6 is 11.6 Å². The highest BCUT2D eigenvalue weighted by molar-refractivity contribution is 6.32. The van der Waals surface area contributed by atoms with Gasteiger partial charge in [0.1, 0.15) is 0 Å². The number of nitrogens with zero attached hydrogens (tertiary/aromatic N) is 2. The lowest BCUT2D eigenvalue weighted by atomic mass is 10.1. The number of aldehydes is 1. The van der Waals surface area contributed by atoms with Crippen LogP contribution < -0.4 is 4.90 Å². The van der Waals surface area contributed by atoms with E-state index in [0.29, 0.717) is 16.4 Å². The monoisotopic (exact) mass is 254 g/mol. The third-order valence-electron chi connectivity index (χ3n) is 2.77. The smallest absolute Gasteiger partial charge is 0.153 e. The van der Waals surface area contributed by atoms with Gasteiger partial charge >= 0.3 is 0 Å². The van der Waals surface area contributed by atoms with Crippen LogP contribution in [0.4, 0.5) is 5.69 Å². The van der Waals surface area contributed by atoms with Gasteiger partial charge in [0.2, 0.25) is 0 Å². The number of rotatable bonds is 2. The molecular weight excluding hydrogens is 240 g/mol. The molecule has 5 heteroatoms. The zero-order chi connectivity index (χ0) is 12.4. The Hall–Kier alpha value is -1.13. The van der Waals surface area contributed by atoms with E-state index >= 15 is 0 Å². The van der Waals surface area contributed by atoms with Crippen molar-refractivity contribution in [3.63, 3.8) is 0 Å². The van der Waals surface area contributed by atoms with E-state index in [-0.39, 0.29) is 12.2 Å². The van der Waals surface area contributed by atoms with Gasteiger partial charge in [-0.1, -0.05) is 11.6 Å². The van der Waals surface area contributed by atoms with Crippen LogP contribution in [0.2, 0.25) is 5.15 Å². The van der Waals surface area contributed by atoms with E-state index < -0.39 is 0 Å². The van der Waals surface area contributed by atoms with Crippen molar-refractivity contribution in [3.8, 4) is 0 Å². The van der Waals surface area contributed by atoms with Crippen molar-refractivity contribution in [1.82, 2.24) is 4.98 Å². The van der Waals surface area contributed by atoms with Crippen LogP contribution in [-0.2, 0) is 4.74 Å². The minimum atomic E-state index is 0.120. The molecule has 0 saturated carbocycles. The molecule has 1 fully saturated rings. The Balaban J connectivity index is 2.35. The molecule has 0 unspecified atom stereocenters. The average Bonchev–Trinajstić information content (AvgIpc) is 2.27. The Kier molecular flexibility index (Phi) is 3.64. The predicted molar refractivity (Wildman–Crippen MR) is 66.9 cm³/mol. The van der Waals surface area contributed by atoms with Crippen molar-refractivity contribution in [2.75, 3.05) is 18.0 Å². The SMILES string of the molecule is C[C@@H]1CN(c2c(C=O)ccnc2Cl)C[C@H](C)O1. The Morgan fingerprint density at radius 1 is 1.47 bits per heavy atom. The molecule has 0 spiro atoms. The average molecular weight is 255 g/mol. The van der Waals surface area contributed by atoms with Crippen LogP contribution in [0.25, 0.3) is 0 Å². The Morgan fingerprint density at radius 2 is 2.12 bits per heavy atom. The molecule has 92 valence electrons. The van der Waals surface area contributed by atoms with Crippen LogP contribution in [-0.4, -0.2) is 36.6 Å². The molecule has 0 aliphatic carbocycles. The summed E-state index contributed by atoms with van der Waals surface area (Å²) < 4.78 is 5.66. The Labute approximate surface area is 106 Å². The van der Waals surface area contributed by atoms with E-state index in [4.69, 9.17) is 16.3 Å². The number of anilines is 1. The van der Waals surface area contributed by atoms with Crippen LogP contribution in [0.15, 0.2) is 12.3 Å². The first-order valence-corrected chi connectivity index (χ1v) is 5.99. The molecule has 1 aromatic rings. The van der Waals surface area contributed by atoms with Crippen LogP contribution in [0, 0.1) is 0 Å². The fourth-order valence-corrected chi connectivity index (χ4v) is 2.50. The number of ether oxygens (including phenoxy) is 1. The third-order valence-corrected chi connectivity index (χ3v) is 3.05. The molecule has 0 aromatic carbocycles. The quantitative estimate of drug-likeness (QED) is 0.599. The molecule has 4 nitrogen and oxygen atoms in total. The van der Waals surface area contributed by atoms with Gasteiger partial charge in [-0.05, 0) is 19.9 Å². The van der Waals surface area contributed by atoms with Gasteiger partial charge in [0, 0.05) is 24.8 Å². The maximum absolute atomic E-state index is 11.0. The first kappa shape index (κ1) is 12.3. The number of carbonyl (C=O) groups excluding carboxylic acids is 1. The summed E-state index contributed by atoms with van der Waals surface area (Å²) in [6.07, 6.45) is 2.60. The van der Waals surface area contributed by atoms with Gasteiger partial charge < -0.3 is 9.64 Å². The van der Waals surface area contributed by atoms with Crippen LogP contribution in [0.5, 0.6) is 0 Å². The topological polar surface area (TPSA) is 42.4 Å². The maximum Gasteiger partial charge on any atom is 0.153 e. The third kappa shape index (κ3) is 2.58. The molecule has 2 rings (SSSR count). The van der Waals surface area contributed by atoms with Gasteiger partial charge in [0.05, 0.1) is 17.9 Å². The number of hydrogen-bond acceptors (Lipinski definition) is 4. The van der Waals surface area contributed by atoms with Crippen molar-refractivity contribution in [2.45, 2.75) is 26.1 Å². The van der Waals surface area contributed by atoms with Crippen LogP contribution in [0.1, 0.15) is 24.2 Å². The lowest BCUT2D eigenvalue weighted by Crippen LogP contribution is -2.46. The predicted octanol–water partition coefficient (Wildman–Crippen LogP) is 2.16. The highest BCUT2D eigenvalue weighted by Crippen LogP contribution is 2.29. The summed E-state index contributed by atoms with van der Waals surface area (Å²) in [4.78, 5) is 17.1. The summed E-state index contributed by atoms with van der Waals surface area (Å²) >= 11 is 6.08. The zero-order valence-corrected chi connectivity index (χ0v) is 10.6. The number of morpholine rings is 1. The van der Waals surface area contributed by atoms with Crippen molar-refractivity contribution in [2.24, 2.45) is 0 Å². The standard InChI is InChI=1S/C12H15ClN2O2/c1-8-5-15(6-9(2)17-8)11-10(7-16)3-4-14-12(11)13/h3-4,7-9H,5-6H2,1-2H3/t8-,9+. The van der Waals surface area contributed by atoms with E-state index in [1.807, 2.05) is 13.8 Å². The molecular formula is C12H15ClN2O2. The minimum absolute atomic E-state index is 0.120. The number of halogens is 1. The van der Waals surface area contributed by atoms with Gasteiger partial charge in [-0.2, -0.15) is 0 Å². The maximum atomic E-state index is 11.0. The van der Waals surface area contributed by atoms with Gasteiger partial charge in [0.25, 0.3) is 0 Å². The first-order chi connectivity index (χ1) is 8.11. The fourth-order valence-electron chi connectivity index (χ4n) is 2.21. The van der Waals surface area contributed by atoms with Gasteiger partial charge in [-0.3, -0.25) is 4.79 Å². The molecule has 1 aromatic heterocycles. The lowest BCUT2D eigenvalue weighted by molar-refractivity contribution is -0.00526. The molecule has 1 saturated heterocycles. The summed E-state index contributed by atoms with van der Waals surface area (Å²) in [5.74, 6) is 0. The van der Waals surface area contributed by atoms with Crippen molar-refractivity contribution >= 4 is 23.6 Å². The Bertz CT molecular complexity index is 415. The van der Waals surface area contributed by atoms with Crippen molar-refractivity contribution in [1.29, 1.82) is 0 Å². The van der Waals surface area contributed by atoms with E-state index in [1.54, 1.807) is 12.3 Å². The van der Waals surface area contributed by atoms with E-state index in [2.05, 4.69) is 9.88 Å². The fraction of sp³-hybridized carbons (Fsp3) is 0.500. The Morgan fingerprint density at radius 3 is 2.71 bits per heavy atom. The first-order valence-electron chi connectivity index (χ1n) is 5.62. The highest BCUT2D eigenvalue weighted by Gasteiger charge is 2.25. The normalized spacial score (nSPS) is 24.8. The summed E-state index contributed by atoms with van der Waals surface area (Å²) in [5, 5.41) is 0.371. The molecule has 2 atom stereocenters. The molecule has 0 radical (unpaired) electrons. The summed E-state index contributed by atoms with van der Waals surface area (Å²) in [6.45, 7) is 5.45. The minimum Gasteiger partial charge on any atom is -0.372 e. The molecule has 2 heterocycles. The molecule has 1 aliphatic heterocycles. The van der Waals surface area contributed by atoms with E-state index in [0.717, 1.165) is 19.4 Å². The second kappa shape index (κ2) is 5.02. The molecule has 17 heavy (non-hydrogen) atoms.